The summed E-state index contributed by atoms with van der Waals surface area (Å²) < 4.78 is 0. The van der Waals surface area contributed by atoms with Crippen molar-refractivity contribution >= 4 is 17.3 Å². The third-order valence-electron chi connectivity index (χ3n) is 4.81. The zero-order chi connectivity index (χ0) is 17.9. The first-order valence-corrected chi connectivity index (χ1v) is 9.19. The van der Waals surface area contributed by atoms with Crippen LogP contribution in [0.2, 0.25) is 0 Å². The number of nitrogens with zero attached hydrogens (tertiary/aromatic N) is 3. The summed E-state index contributed by atoms with van der Waals surface area (Å²) in [5.74, 6) is 2.63. The van der Waals surface area contributed by atoms with Gasteiger partial charge in [0, 0.05) is 24.8 Å². The Kier molecular flexibility index (Phi) is 4.57. The molecule has 132 valence electrons. The van der Waals surface area contributed by atoms with Gasteiger partial charge in [0.05, 0.1) is 0 Å². The van der Waals surface area contributed by atoms with Crippen molar-refractivity contribution in [2.45, 2.75) is 33.2 Å². The summed E-state index contributed by atoms with van der Waals surface area (Å²) in [6.07, 6.45) is 2.28. The zero-order valence-corrected chi connectivity index (χ0v) is 15.4. The predicted octanol–water partition coefficient (Wildman–Crippen LogP) is 4.79. The van der Waals surface area contributed by atoms with Gasteiger partial charge in [-0.15, -0.1) is 0 Å². The molecule has 0 radical (unpaired) electrons. The predicted molar refractivity (Wildman–Crippen MR) is 107 cm³/mol. The molecule has 3 aromatic rings. The molecule has 2 heterocycles. The molecule has 0 fully saturated rings. The van der Waals surface area contributed by atoms with Crippen molar-refractivity contribution in [1.29, 1.82) is 0 Å². The van der Waals surface area contributed by atoms with Gasteiger partial charge in [-0.25, -0.2) is 9.97 Å². The monoisotopic (exact) mass is 344 g/mol. The minimum atomic E-state index is 0.757. The molecular weight excluding hydrogens is 320 g/mol. The number of fused-ring (bicyclic) bond motifs is 1. The van der Waals surface area contributed by atoms with Crippen LogP contribution in [0.4, 0.5) is 17.3 Å². The van der Waals surface area contributed by atoms with Crippen molar-refractivity contribution in [2.75, 3.05) is 16.8 Å². The van der Waals surface area contributed by atoms with Crippen molar-refractivity contribution in [3.63, 3.8) is 0 Å². The van der Waals surface area contributed by atoms with Gasteiger partial charge in [0.2, 0.25) is 0 Å². The van der Waals surface area contributed by atoms with E-state index in [9.17, 15) is 0 Å². The van der Waals surface area contributed by atoms with E-state index in [1.807, 2.05) is 6.92 Å². The molecule has 4 heteroatoms. The van der Waals surface area contributed by atoms with Gasteiger partial charge in [-0.1, -0.05) is 48.0 Å². The summed E-state index contributed by atoms with van der Waals surface area (Å²) in [4.78, 5) is 11.6. The highest BCUT2D eigenvalue weighted by molar-refractivity contribution is 5.67. The molecule has 0 spiro atoms. The Morgan fingerprint density at radius 2 is 1.81 bits per heavy atom. The SMILES string of the molecule is Cc1ccc(CNc2cc(N3CCCc4ccccc43)nc(C)n2)cc1. The lowest BCUT2D eigenvalue weighted by atomic mass is 10.0. The average Bonchev–Trinajstić information content (AvgIpc) is 2.67. The molecule has 4 nitrogen and oxygen atoms in total. The van der Waals surface area contributed by atoms with Gasteiger partial charge in [0.15, 0.2) is 0 Å². The molecule has 0 aliphatic carbocycles. The van der Waals surface area contributed by atoms with Crippen LogP contribution in [0.5, 0.6) is 0 Å². The lowest BCUT2D eigenvalue weighted by Crippen LogP contribution is -2.25. The molecule has 1 N–H and O–H groups in total. The first-order valence-electron chi connectivity index (χ1n) is 9.19. The van der Waals surface area contributed by atoms with Crippen molar-refractivity contribution in [2.24, 2.45) is 0 Å². The molecule has 0 saturated heterocycles. The highest BCUT2D eigenvalue weighted by atomic mass is 15.2. The van der Waals surface area contributed by atoms with Gasteiger partial charge in [0.25, 0.3) is 0 Å². The van der Waals surface area contributed by atoms with Crippen molar-refractivity contribution < 1.29 is 0 Å². The molecule has 4 rings (SSSR count). The van der Waals surface area contributed by atoms with Crippen molar-refractivity contribution in [3.05, 3.63) is 77.1 Å². The van der Waals surface area contributed by atoms with Crippen LogP contribution in [0.3, 0.4) is 0 Å². The fourth-order valence-electron chi connectivity index (χ4n) is 3.45. The molecule has 1 aromatic heterocycles. The Balaban J connectivity index is 1.58. The highest BCUT2D eigenvalue weighted by Gasteiger charge is 2.19. The summed E-state index contributed by atoms with van der Waals surface area (Å²) in [7, 11) is 0. The number of hydrogen-bond donors (Lipinski definition) is 1. The Bertz CT molecular complexity index is 902. The second kappa shape index (κ2) is 7.16. The normalized spacial score (nSPS) is 13.4. The molecule has 0 saturated carbocycles. The van der Waals surface area contributed by atoms with E-state index in [0.717, 1.165) is 43.4 Å². The lowest BCUT2D eigenvalue weighted by Gasteiger charge is -2.30. The van der Waals surface area contributed by atoms with Crippen LogP contribution in [0.1, 0.15) is 28.9 Å². The van der Waals surface area contributed by atoms with Gasteiger partial charge in [-0.3, -0.25) is 0 Å². The second-order valence-electron chi connectivity index (χ2n) is 6.88. The summed E-state index contributed by atoms with van der Waals surface area (Å²) in [6.45, 7) is 5.81. The fraction of sp³-hybridized carbons (Fsp3) is 0.273. The van der Waals surface area contributed by atoms with E-state index in [1.54, 1.807) is 0 Å². The van der Waals surface area contributed by atoms with Crippen LogP contribution in [-0.4, -0.2) is 16.5 Å². The Morgan fingerprint density at radius 3 is 2.65 bits per heavy atom. The van der Waals surface area contributed by atoms with E-state index in [1.165, 1.54) is 22.4 Å². The van der Waals surface area contributed by atoms with Crippen LogP contribution in [-0.2, 0) is 13.0 Å². The number of rotatable bonds is 4. The zero-order valence-electron chi connectivity index (χ0n) is 15.4. The molecule has 0 bridgehead atoms. The number of nitrogens with one attached hydrogen (secondary N) is 1. The fourth-order valence-corrected chi connectivity index (χ4v) is 3.45. The number of para-hydroxylation sites is 1. The molecule has 26 heavy (non-hydrogen) atoms. The Labute approximate surface area is 154 Å². The van der Waals surface area contributed by atoms with E-state index in [4.69, 9.17) is 4.98 Å². The summed E-state index contributed by atoms with van der Waals surface area (Å²) in [5, 5.41) is 3.45. The van der Waals surface area contributed by atoms with E-state index in [2.05, 4.69) is 76.7 Å². The number of aromatic nitrogens is 2. The van der Waals surface area contributed by atoms with Crippen molar-refractivity contribution in [1.82, 2.24) is 9.97 Å². The Morgan fingerprint density at radius 1 is 1.00 bits per heavy atom. The van der Waals surface area contributed by atoms with Crippen LogP contribution < -0.4 is 10.2 Å². The van der Waals surface area contributed by atoms with E-state index in [-0.39, 0.29) is 0 Å². The summed E-state index contributed by atoms with van der Waals surface area (Å²) >= 11 is 0. The number of anilines is 3. The quantitative estimate of drug-likeness (QED) is 0.739. The van der Waals surface area contributed by atoms with Crippen LogP contribution >= 0.6 is 0 Å². The molecule has 2 aromatic carbocycles. The number of benzene rings is 2. The standard InChI is InChI=1S/C22H24N4/c1-16-9-11-18(12-10-16)15-23-21-14-22(25-17(2)24-21)26-13-5-7-19-6-3-4-8-20(19)26/h3-4,6,8-12,14H,5,7,13,15H2,1-2H3,(H,23,24,25). The van der Waals surface area contributed by atoms with E-state index in [0.29, 0.717) is 0 Å². The third kappa shape index (κ3) is 3.54. The van der Waals surface area contributed by atoms with Gasteiger partial charge in [0.1, 0.15) is 17.5 Å². The first kappa shape index (κ1) is 16.6. The van der Waals surface area contributed by atoms with Gasteiger partial charge >= 0.3 is 0 Å². The molecular formula is C22H24N4. The molecule has 0 unspecified atom stereocenters. The summed E-state index contributed by atoms with van der Waals surface area (Å²) in [6, 6.07) is 19.2. The first-order chi connectivity index (χ1) is 12.7. The largest absolute Gasteiger partial charge is 0.366 e. The molecule has 0 atom stereocenters. The second-order valence-corrected chi connectivity index (χ2v) is 6.88. The smallest absolute Gasteiger partial charge is 0.138 e. The maximum Gasteiger partial charge on any atom is 0.138 e. The summed E-state index contributed by atoms with van der Waals surface area (Å²) in [5.41, 5.74) is 5.18. The molecule has 1 aliphatic heterocycles. The number of aryl methyl sites for hydroxylation is 3. The van der Waals surface area contributed by atoms with Crippen LogP contribution in [0.25, 0.3) is 0 Å². The Hall–Kier alpha value is -2.88. The van der Waals surface area contributed by atoms with Crippen LogP contribution in [0, 0.1) is 13.8 Å². The maximum atomic E-state index is 4.70. The molecule has 1 aliphatic rings. The maximum absolute atomic E-state index is 4.70. The third-order valence-corrected chi connectivity index (χ3v) is 4.81. The minimum absolute atomic E-state index is 0.757. The van der Waals surface area contributed by atoms with E-state index < -0.39 is 0 Å². The molecule has 0 amide bonds. The van der Waals surface area contributed by atoms with Crippen LogP contribution in [0.15, 0.2) is 54.6 Å². The lowest BCUT2D eigenvalue weighted by molar-refractivity contribution is 0.756. The highest BCUT2D eigenvalue weighted by Crippen LogP contribution is 2.33. The number of hydrogen-bond acceptors (Lipinski definition) is 4. The van der Waals surface area contributed by atoms with Gasteiger partial charge in [-0.2, -0.15) is 0 Å². The minimum Gasteiger partial charge on any atom is -0.366 e. The topological polar surface area (TPSA) is 41.0 Å². The van der Waals surface area contributed by atoms with Gasteiger partial charge in [-0.05, 0) is 43.9 Å². The van der Waals surface area contributed by atoms with E-state index >= 15 is 0 Å². The van der Waals surface area contributed by atoms with Gasteiger partial charge < -0.3 is 10.2 Å². The average molecular weight is 344 g/mol. The van der Waals surface area contributed by atoms with Crippen molar-refractivity contribution in [3.8, 4) is 0 Å².